The summed E-state index contributed by atoms with van der Waals surface area (Å²) in [6.45, 7) is 2.67. The largest absolute Gasteiger partial charge is 0.375 e. The fourth-order valence-corrected chi connectivity index (χ4v) is 2.32. The van der Waals surface area contributed by atoms with Gasteiger partial charge in [-0.3, -0.25) is 4.79 Å². The van der Waals surface area contributed by atoms with Crippen molar-refractivity contribution >= 4 is 11.6 Å². The molecule has 0 aliphatic carbocycles. The van der Waals surface area contributed by atoms with Crippen molar-refractivity contribution in [3.05, 3.63) is 65.7 Å². The van der Waals surface area contributed by atoms with E-state index in [0.29, 0.717) is 5.56 Å². The summed E-state index contributed by atoms with van der Waals surface area (Å²) in [6, 6.07) is 17.8. The summed E-state index contributed by atoms with van der Waals surface area (Å²) in [5.41, 5.74) is 8.15. The van der Waals surface area contributed by atoms with Crippen LogP contribution in [0.15, 0.2) is 54.6 Å². The molecule has 22 heavy (non-hydrogen) atoms. The maximum absolute atomic E-state index is 11.1. The van der Waals surface area contributed by atoms with Crippen LogP contribution in [0.3, 0.4) is 0 Å². The van der Waals surface area contributed by atoms with Gasteiger partial charge in [0.1, 0.15) is 0 Å². The van der Waals surface area contributed by atoms with Crippen molar-refractivity contribution in [1.29, 1.82) is 0 Å². The van der Waals surface area contributed by atoms with Crippen LogP contribution in [0.2, 0.25) is 0 Å². The van der Waals surface area contributed by atoms with Gasteiger partial charge in [-0.2, -0.15) is 0 Å². The molecule has 2 rings (SSSR count). The molecule has 116 valence electrons. The highest BCUT2D eigenvalue weighted by atomic mass is 16.1. The molecule has 0 bridgehead atoms. The molecule has 3 N–H and O–H groups in total. The van der Waals surface area contributed by atoms with E-state index in [1.54, 1.807) is 6.07 Å². The molecule has 0 aromatic heterocycles. The first-order valence-corrected chi connectivity index (χ1v) is 7.52. The van der Waals surface area contributed by atoms with Crippen LogP contribution >= 0.6 is 0 Å². The maximum atomic E-state index is 11.1. The number of hydrogen-bond donors (Lipinski definition) is 2. The molecule has 0 aliphatic rings. The summed E-state index contributed by atoms with van der Waals surface area (Å²) in [5, 5.41) is 3.40. The van der Waals surface area contributed by atoms with Crippen molar-refractivity contribution in [3.63, 3.8) is 0 Å². The molecule has 0 saturated carbocycles. The predicted molar refractivity (Wildman–Crippen MR) is 91.0 cm³/mol. The number of primary amides is 1. The van der Waals surface area contributed by atoms with Crippen molar-refractivity contribution in [3.8, 4) is 0 Å². The Morgan fingerprint density at radius 2 is 1.91 bits per heavy atom. The quantitative estimate of drug-likeness (QED) is 0.736. The Kier molecular flexibility index (Phi) is 5.98. The van der Waals surface area contributed by atoms with E-state index in [1.165, 1.54) is 5.69 Å². The van der Waals surface area contributed by atoms with Gasteiger partial charge in [0.05, 0.1) is 0 Å². The lowest BCUT2D eigenvalue weighted by Crippen LogP contribution is -2.23. The third-order valence-corrected chi connectivity index (χ3v) is 3.58. The number of nitrogens with zero attached hydrogens (tertiary/aromatic N) is 1. The first-order valence-electron chi connectivity index (χ1n) is 7.52. The molecule has 2 aromatic carbocycles. The highest BCUT2D eigenvalue weighted by molar-refractivity contribution is 5.92. The van der Waals surface area contributed by atoms with Gasteiger partial charge in [0.2, 0.25) is 5.91 Å². The fourth-order valence-electron chi connectivity index (χ4n) is 2.32. The molecule has 0 atom stereocenters. The maximum Gasteiger partial charge on any atom is 0.248 e. The fraction of sp³-hybridized carbons (Fsp3) is 0.278. The number of hydrogen-bond acceptors (Lipinski definition) is 3. The molecular formula is C18H23N3O. The van der Waals surface area contributed by atoms with E-state index >= 15 is 0 Å². The van der Waals surface area contributed by atoms with Gasteiger partial charge in [0, 0.05) is 31.4 Å². The molecule has 4 heteroatoms. The van der Waals surface area contributed by atoms with Crippen molar-refractivity contribution in [1.82, 2.24) is 5.32 Å². The average Bonchev–Trinajstić information content (AvgIpc) is 2.55. The topological polar surface area (TPSA) is 58.4 Å². The molecule has 0 fully saturated rings. The second-order valence-electron chi connectivity index (χ2n) is 5.35. The summed E-state index contributed by atoms with van der Waals surface area (Å²) < 4.78 is 0. The van der Waals surface area contributed by atoms with Crippen LogP contribution in [-0.2, 0) is 6.54 Å². The normalized spacial score (nSPS) is 10.4. The molecule has 2 aromatic rings. The number of amides is 1. The number of nitrogens with one attached hydrogen (secondary N) is 1. The Hall–Kier alpha value is -2.33. The smallest absolute Gasteiger partial charge is 0.248 e. The van der Waals surface area contributed by atoms with Gasteiger partial charge >= 0.3 is 0 Å². The lowest BCUT2D eigenvalue weighted by Gasteiger charge is -2.19. The van der Waals surface area contributed by atoms with Crippen LogP contribution in [0.5, 0.6) is 0 Å². The molecule has 0 unspecified atom stereocenters. The van der Waals surface area contributed by atoms with Gasteiger partial charge < -0.3 is 16.0 Å². The Morgan fingerprint density at radius 1 is 1.14 bits per heavy atom. The Labute approximate surface area is 131 Å². The number of rotatable bonds is 8. The van der Waals surface area contributed by atoms with Gasteiger partial charge in [-0.15, -0.1) is 0 Å². The van der Waals surface area contributed by atoms with Crippen LogP contribution < -0.4 is 16.0 Å². The van der Waals surface area contributed by atoms with Crippen LogP contribution in [0.1, 0.15) is 22.3 Å². The van der Waals surface area contributed by atoms with Crippen LogP contribution in [0.4, 0.5) is 5.69 Å². The van der Waals surface area contributed by atoms with Gasteiger partial charge in [-0.1, -0.05) is 30.3 Å². The minimum absolute atomic E-state index is 0.383. The zero-order chi connectivity index (χ0) is 15.8. The molecule has 1 amide bonds. The summed E-state index contributed by atoms with van der Waals surface area (Å²) in [7, 11) is 2.10. The number of para-hydroxylation sites is 1. The third kappa shape index (κ3) is 4.90. The summed E-state index contributed by atoms with van der Waals surface area (Å²) in [6.07, 6.45) is 1.06. The SMILES string of the molecule is CN(CCCNCc1cccc(C(N)=O)c1)c1ccccc1. The van der Waals surface area contributed by atoms with E-state index in [1.807, 2.05) is 24.3 Å². The van der Waals surface area contributed by atoms with E-state index < -0.39 is 0 Å². The second-order valence-corrected chi connectivity index (χ2v) is 5.35. The molecule has 0 spiro atoms. The standard InChI is InChI=1S/C18H23N3O/c1-21(17-9-3-2-4-10-17)12-6-11-20-14-15-7-5-8-16(13-15)18(19)22/h2-5,7-10,13,20H,6,11-12,14H2,1H3,(H2,19,22). The second kappa shape index (κ2) is 8.20. The lowest BCUT2D eigenvalue weighted by molar-refractivity contribution is 0.1000. The van der Waals surface area contributed by atoms with Crippen LogP contribution in [-0.4, -0.2) is 26.0 Å². The third-order valence-electron chi connectivity index (χ3n) is 3.58. The molecule has 0 radical (unpaired) electrons. The Balaban J connectivity index is 1.69. The van der Waals surface area contributed by atoms with Gasteiger partial charge in [-0.05, 0) is 42.8 Å². The molecule has 0 heterocycles. The minimum Gasteiger partial charge on any atom is -0.375 e. The minimum atomic E-state index is -0.383. The molecule has 0 aliphatic heterocycles. The van der Waals surface area contributed by atoms with Gasteiger partial charge in [0.15, 0.2) is 0 Å². The highest BCUT2D eigenvalue weighted by Gasteiger charge is 2.02. The predicted octanol–water partition coefficient (Wildman–Crippen LogP) is 2.40. The number of anilines is 1. The van der Waals surface area contributed by atoms with Gasteiger partial charge in [0.25, 0.3) is 0 Å². The first kappa shape index (κ1) is 16.0. The van der Waals surface area contributed by atoms with Crippen LogP contribution in [0.25, 0.3) is 0 Å². The van der Waals surface area contributed by atoms with Crippen molar-refractivity contribution in [2.75, 3.05) is 25.0 Å². The van der Waals surface area contributed by atoms with E-state index in [-0.39, 0.29) is 5.91 Å². The summed E-state index contributed by atoms with van der Waals surface area (Å²) in [4.78, 5) is 13.4. The van der Waals surface area contributed by atoms with E-state index in [0.717, 1.165) is 31.6 Å². The summed E-state index contributed by atoms with van der Waals surface area (Å²) >= 11 is 0. The highest BCUT2D eigenvalue weighted by Crippen LogP contribution is 2.10. The number of carbonyl (C=O) groups excluding carboxylic acids is 1. The zero-order valence-corrected chi connectivity index (χ0v) is 13.0. The monoisotopic (exact) mass is 297 g/mol. The van der Waals surface area contributed by atoms with Crippen LogP contribution in [0, 0.1) is 0 Å². The van der Waals surface area contributed by atoms with E-state index in [2.05, 4.69) is 41.5 Å². The Morgan fingerprint density at radius 3 is 2.64 bits per heavy atom. The zero-order valence-electron chi connectivity index (χ0n) is 13.0. The van der Waals surface area contributed by atoms with Crippen molar-refractivity contribution in [2.24, 2.45) is 5.73 Å². The number of benzene rings is 2. The molecule has 4 nitrogen and oxygen atoms in total. The lowest BCUT2D eigenvalue weighted by atomic mass is 10.1. The first-order chi connectivity index (χ1) is 10.7. The van der Waals surface area contributed by atoms with E-state index in [9.17, 15) is 4.79 Å². The van der Waals surface area contributed by atoms with Crippen molar-refractivity contribution in [2.45, 2.75) is 13.0 Å². The average molecular weight is 297 g/mol. The number of carbonyl (C=O) groups is 1. The number of nitrogens with two attached hydrogens (primary N) is 1. The molecule has 0 saturated heterocycles. The van der Waals surface area contributed by atoms with E-state index in [4.69, 9.17) is 5.73 Å². The summed E-state index contributed by atoms with van der Waals surface area (Å²) in [5.74, 6) is -0.383. The molecular weight excluding hydrogens is 274 g/mol. The van der Waals surface area contributed by atoms with Gasteiger partial charge in [-0.25, -0.2) is 0 Å². The van der Waals surface area contributed by atoms with Crippen molar-refractivity contribution < 1.29 is 4.79 Å². The Bertz CT molecular complexity index is 598.